The first kappa shape index (κ1) is 9.29. The average Bonchev–Trinajstić information content (AvgIpc) is 1.89. The van der Waals surface area contributed by atoms with Crippen molar-refractivity contribution in [3.8, 4) is 0 Å². The number of alkyl halides is 1. The molecule has 0 aliphatic rings. The van der Waals surface area contributed by atoms with E-state index in [1.165, 1.54) is 12.8 Å². The molecule has 0 aliphatic heterocycles. The first-order chi connectivity index (χ1) is 4.18. The van der Waals surface area contributed by atoms with E-state index in [2.05, 4.69) is 20.8 Å². The van der Waals surface area contributed by atoms with Crippen LogP contribution in [0.4, 0.5) is 0 Å². The predicted octanol–water partition coefficient (Wildman–Crippen LogP) is 3.44. The van der Waals surface area contributed by atoms with Gasteiger partial charge >= 0.3 is 0 Å². The highest BCUT2D eigenvalue weighted by Crippen LogP contribution is 2.29. The van der Waals surface area contributed by atoms with Gasteiger partial charge in [-0.05, 0) is 11.8 Å². The van der Waals surface area contributed by atoms with Crippen LogP contribution in [0.5, 0.6) is 0 Å². The van der Waals surface area contributed by atoms with Gasteiger partial charge in [-0.25, -0.2) is 0 Å². The van der Waals surface area contributed by atoms with Crippen LogP contribution < -0.4 is 0 Å². The Kier molecular flexibility index (Phi) is 4.29. The van der Waals surface area contributed by atoms with Crippen LogP contribution in [0, 0.1) is 5.41 Å². The molecule has 0 spiro atoms. The predicted molar refractivity (Wildman–Crippen MR) is 44.0 cm³/mol. The van der Waals surface area contributed by atoms with Crippen LogP contribution in [-0.2, 0) is 0 Å². The summed E-state index contributed by atoms with van der Waals surface area (Å²) in [6.45, 7) is 6.77. The molecule has 0 N–H and O–H groups in total. The lowest BCUT2D eigenvalue weighted by molar-refractivity contribution is 0.288. The zero-order valence-electron chi connectivity index (χ0n) is 6.71. The summed E-state index contributed by atoms with van der Waals surface area (Å²) in [6, 6.07) is 0. The van der Waals surface area contributed by atoms with E-state index in [0.29, 0.717) is 5.41 Å². The van der Waals surface area contributed by atoms with Crippen LogP contribution in [0.25, 0.3) is 0 Å². The second-order valence-corrected chi connectivity index (χ2v) is 3.33. The lowest BCUT2D eigenvalue weighted by Crippen LogP contribution is -2.13. The third kappa shape index (κ3) is 3.10. The monoisotopic (exact) mass is 148 g/mol. The molecule has 0 unspecified atom stereocenters. The topological polar surface area (TPSA) is 0 Å². The number of halogens is 1. The highest BCUT2D eigenvalue weighted by molar-refractivity contribution is 6.17. The molecule has 0 heterocycles. The smallest absolute Gasteiger partial charge is 0.0228 e. The molecule has 0 atom stereocenters. The van der Waals surface area contributed by atoms with E-state index in [0.717, 1.165) is 12.3 Å². The van der Waals surface area contributed by atoms with Gasteiger partial charge in [-0.2, -0.15) is 0 Å². The minimum atomic E-state index is 0.502. The van der Waals surface area contributed by atoms with Gasteiger partial charge in [-0.15, -0.1) is 11.6 Å². The van der Waals surface area contributed by atoms with Crippen molar-refractivity contribution in [2.75, 3.05) is 5.88 Å². The molecule has 0 aromatic carbocycles. The fourth-order valence-corrected chi connectivity index (χ4v) is 1.29. The largest absolute Gasteiger partial charge is 0.127 e. The van der Waals surface area contributed by atoms with Crippen LogP contribution in [0.15, 0.2) is 0 Å². The van der Waals surface area contributed by atoms with Gasteiger partial charge in [0.1, 0.15) is 0 Å². The van der Waals surface area contributed by atoms with E-state index in [9.17, 15) is 0 Å². The Morgan fingerprint density at radius 2 is 1.67 bits per heavy atom. The lowest BCUT2D eigenvalue weighted by atomic mass is 9.82. The third-order valence-corrected chi connectivity index (χ3v) is 2.59. The Bertz CT molecular complexity index is 65.0. The molecular formula is C8H17Cl. The molecular weight excluding hydrogens is 132 g/mol. The van der Waals surface area contributed by atoms with Crippen molar-refractivity contribution in [2.45, 2.75) is 40.0 Å². The van der Waals surface area contributed by atoms with E-state index in [1.807, 2.05) is 0 Å². The van der Waals surface area contributed by atoms with Crippen LogP contribution >= 0.6 is 11.6 Å². The highest BCUT2D eigenvalue weighted by atomic mass is 35.5. The summed E-state index contributed by atoms with van der Waals surface area (Å²) in [5.74, 6) is 0.804. The quantitative estimate of drug-likeness (QED) is 0.536. The molecule has 0 bridgehead atoms. The van der Waals surface area contributed by atoms with Gasteiger partial charge in [-0.3, -0.25) is 0 Å². The van der Waals surface area contributed by atoms with Crippen LogP contribution in [0.2, 0.25) is 0 Å². The standard InChI is InChI=1S/C8H17Cl/c1-4-8(3,5-2)6-7-9/h4-7H2,1-3H3. The normalized spacial score (nSPS) is 12.0. The van der Waals surface area contributed by atoms with Crippen LogP contribution in [0.3, 0.4) is 0 Å². The minimum absolute atomic E-state index is 0.502. The van der Waals surface area contributed by atoms with E-state index < -0.39 is 0 Å². The van der Waals surface area contributed by atoms with Gasteiger partial charge in [0.15, 0.2) is 0 Å². The second-order valence-electron chi connectivity index (χ2n) is 2.96. The fourth-order valence-electron chi connectivity index (χ4n) is 0.832. The van der Waals surface area contributed by atoms with Crippen molar-refractivity contribution >= 4 is 11.6 Å². The molecule has 0 saturated carbocycles. The summed E-state index contributed by atoms with van der Waals surface area (Å²) in [7, 11) is 0. The third-order valence-electron chi connectivity index (χ3n) is 2.41. The van der Waals surface area contributed by atoms with Gasteiger partial charge in [0, 0.05) is 5.88 Å². The van der Waals surface area contributed by atoms with Gasteiger partial charge < -0.3 is 0 Å². The first-order valence-electron chi connectivity index (χ1n) is 3.74. The molecule has 0 aromatic rings. The van der Waals surface area contributed by atoms with Crippen molar-refractivity contribution < 1.29 is 0 Å². The van der Waals surface area contributed by atoms with Crippen LogP contribution in [-0.4, -0.2) is 5.88 Å². The van der Waals surface area contributed by atoms with Crippen molar-refractivity contribution in [1.29, 1.82) is 0 Å². The molecule has 0 nitrogen and oxygen atoms in total. The molecule has 0 fully saturated rings. The van der Waals surface area contributed by atoms with Crippen molar-refractivity contribution in [2.24, 2.45) is 5.41 Å². The van der Waals surface area contributed by atoms with Gasteiger partial charge in [0.2, 0.25) is 0 Å². The maximum atomic E-state index is 5.64. The summed E-state index contributed by atoms with van der Waals surface area (Å²) in [5.41, 5.74) is 0.502. The number of rotatable bonds is 4. The first-order valence-corrected chi connectivity index (χ1v) is 4.28. The number of hydrogen-bond acceptors (Lipinski definition) is 0. The highest BCUT2D eigenvalue weighted by Gasteiger charge is 2.17. The summed E-state index contributed by atoms with van der Waals surface area (Å²) >= 11 is 5.64. The van der Waals surface area contributed by atoms with Gasteiger partial charge in [-0.1, -0.05) is 33.6 Å². The summed E-state index contributed by atoms with van der Waals surface area (Å²) in [4.78, 5) is 0. The summed E-state index contributed by atoms with van der Waals surface area (Å²) < 4.78 is 0. The maximum absolute atomic E-state index is 5.64. The SMILES string of the molecule is CCC(C)(CC)CCCl. The minimum Gasteiger partial charge on any atom is -0.127 e. The molecule has 0 rings (SSSR count). The molecule has 0 amide bonds. The van der Waals surface area contributed by atoms with Gasteiger partial charge in [0.05, 0.1) is 0 Å². The van der Waals surface area contributed by atoms with Crippen molar-refractivity contribution in [3.05, 3.63) is 0 Å². The molecule has 0 aliphatic carbocycles. The van der Waals surface area contributed by atoms with E-state index >= 15 is 0 Å². The average molecular weight is 149 g/mol. The molecule has 0 saturated heterocycles. The van der Waals surface area contributed by atoms with E-state index in [1.54, 1.807) is 0 Å². The zero-order chi connectivity index (χ0) is 7.33. The maximum Gasteiger partial charge on any atom is 0.0228 e. The Morgan fingerprint density at radius 3 is 1.78 bits per heavy atom. The second kappa shape index (κ2) is 4.16. The fraction of sp³-hybridized carbons (Fsp3) is 1.00. The van der Waals surface area contributed by atoms with Crippen molar-refractivity contribution in [1.82, 2.24) is 0 Å². The zero-order valence-corrected chi connectivity index (χ0v) is 7.46. The molecule has 1 heteroatoms. The van der Waals surface area contributed by atoms with Gasteiger partial charge in [0.25, 0.3) is 0 Å². The van der Waals surface area contributed by atoms with Crippen LogP contribution in [0.1, 0.15) is 40.0 Å². The Morgan fingerprint density at radius 1 is 1.22 bits per heavy atom. The summed E-state index contributed by atoms with van der Waals surface area (Å²) in [6.07, 6.45) is 3.65. The number of hydrogen-bond donors (Lipinski definition) is 0. The Labute approximate surface area is 63.6 Å². The van der Waals surface area contributed by atoms with E-state index in [4.69, 9.17) is 11.6 Å². The molecule has 9 heavy (non-hydrogen) atoms. The molecule has 56 valence electrons. The molecule has 0 aromatic heterocycles. The molecule has 0 radical (unpaired) electrons. The Balaban J connectivity index is 3.62. The van der Waals surface area contributed by atoms with E-state index in [-0.39, 0.29) is 0 Å². The Hall–Kier alpha value is 0.290. The lowest BCUT2D eigenvalue weighted by Gasteiger charge is -2.24. The van der Waals surface area contributed by atoms with Crippen molar-refractivity contribution in [3.63, 3.8) is 0 Å². The summed E-state index contributed by atoms with van der Waals surface area (Å²) in [5, 5.41) is 0.